The zero-order valence-electron chi connectivity index (χ0n) is 9.14. The van der Waals surface area contributed by atoms with Crippen LogP contribution in [0.4, 0.5) is 0 Å². The van der Waals surface area contributed by atoms with Crippen LogP contribution in [0.2, 0.25) is 0 Å². The van der Waals surface area contributed by atoms with Crippen molar-refractivity contribution in [3.05, 3.63) is 35.9 Å². The van der Waals surface area contributed by atoms with Gasteiger partial charge in [-0.3, -0.25) is 4.79 Å². The van der Waals surface area contributed by atoms with E-state index in [1.54, 1.807) is 30.3 Å². The van der Waals surface area contributed by atoms with Gasteiger partial charge in [-0.1, -0.05) is 29.8 Å². The molecular formula is C9H9ClNNaO3. The number of primary amides is 1. The minimum atomic E-state index is -1.43. The molecule has 0 saturated carbocycles. The van der Waals surface area contributed by atoms with Crippen molar-refractivity contribution in [1.82, 2.24) is 0 Å². The van der Waals surface area contributed by atoms with Crippen molar-refractivity contribution in [2.45, 2.75) is 5.56 Å². The van der Waals surface area contributed by atoms with Gasteiger partial charge in [-0.05, 0) is 12.1 Å². The summed E-state index contributed by atoms with van der Waals surface area (Å²) in [6.07, 6.45) is 0. The van der Waals surface area contributed by atoms with E-state index in [4.69, 9.17) is 17.3 Å². The standard InChI is InChI=1S/C9H8ClNO3.Na.H/c10-7(8(11)12)14-9(13)6-4-2-1-3-5-6;;/h1-5,7H,(H2,11,12);;/q;+1;-1. The average Bonchev–Trinajstić information content (AvgIpc) is 2.19. The van der Waals surface area contributed by atoms with Crippen LogP contribution in [-0.2, 0) is 9.53 Å². The largest absolute Gasteiger partial charge is 1.00 e. The van der Waals surface area contributed by atoms with Crippen molar-refractivity contribution in [1.29, 1.82) is 0 Å². The van der Waals surface area contributed by atoms with Gasteiger partial charge in [0.1, 0.15) is 0 Å². The summed E-state index contributed by atoms with van der Waals surface area (Å²) in [5.74, 6) is -1.57. The minimum Gasteiger partial charge on any atom is -1.00 e. The fraction of sp³-hybridized carbons (Fsp3) is 0.111. The molecule has 0 fully saturated rings. The Labute approximate surface area is 116 Å². The Morgan fingerprint density at radius 1 is 1.33 bits per heavy atom. The van der Waals surface area contributed by atoms with Crippen LogP contribution in [0.3, 0.4) is 0 Å². The number of nitrogens with two attached hydrogens (primary N) is 1. The summed E-state index contributed by atoms with van der Waals surface area (Å²) in [6.45, 7) is 0. The number of benzene rings is 1. The second-order valence-electron chi connectivity index (χ2n) is 2.49. The van der Waals surface area contributed by atoms with Crippen LogP contribution in [0, 0.1) is 0 Å². The molecule has 0 aliphatic heterocycles. The molecule has 0 radical (unpaired) electrons. The van der Waals surface area contributed by atoms with Gasteiger partial charge in [-0.15, -0.1) is 0 Å². The first-order valence-electron chi connectivity index (χ1n) is 3.80. The normalized spacial score (nSPS) is 11.0. The van der Waals surface area contributed by atoms with Gasteiger partial charge < -0.3 is 11.9 Å². The molecule has 15 heavy (non-hydrogen) atoms. The molecule has 1 rings (SSSR count). The number of halogens is 1. The maximum atomic E-state index is 11.2. The summed E-state index contributed by atoms with van der Waals surface area (Å²) >= 11 is 5.34. The average molecular weight is 238 g/mol. The van der Waals surface area contributed by atoms with E-state index in [9.17, 15) is 9.59 Å². The van der Waals surface area contributed by atoms with Crippen LogP contribution in [-0.4, -0.2) is 17.4 Å². The Morgan fingerprint density at radius 3 is 2.33 bits per heavy atom. The Morgan fingerprint density at radius 2 is 1.87 bits per heavy atom. The minimum absolute atomic E-state index is 0. The smallest absolute Gasteiger partial charge is 1.00 e. The van der Waals surface area contributed by atoms with Gasteiger partial charge in [0.05, 0.1) is 5.56 Å². The third-order valence-electron chi connectivity index (χ3n) is 1.44. The predicted molar refractivity (Wildman–Crippen MR) is 51.8 cm³/mol. The van der Waals surface area contributed by atoms with E-state index in [0.717, 1.165) is 0 Å². The van der Waals surface area contributed by atoms with Crippen LogP contribution in [0.5, 0.6) is 0 Å². The van der Waals surface area contributed by atoms with Crippen molar-refractivity contribution >= 4 is 23.5 Å². The zero-order valence-corrected chi connectivity index (χ0v) is 10.9. The second kappa shape index (κ2) is 6.85. The number of amides is 1. The van der Waals surface area contributed by atoms with E-state index in [1.165, 1.54) is 0 Å². The van der Waals surface area contributed by atoms with Gasteiger partial charge in [0.25, 0.3) is 11.5 Å². The van der Waals surface area contributed by atoms with E-state index >= 15 is 0 Å². The first kappa shape index (κ1) is 14.5. The van der Waals surface area contributed by atoms with Crippen molar-refractivity contribution in [3.8, 4) is 0 Å². The molecule has 0 saturated heterocycles. The number of esters is 1. The molecular weight excluding hydrogens is 229 g/mol. The quantitative estimate of drug-likeness (QED) is 0.376. The number of ether oxygens (including phenoxy) is 1. The molecule has 6 heteroatoms. The summed E-state index contributed by atoms with van der Waals surface area (Å²) in [6, 6.07) is 8.19. The molecule has 1 aromatic rings. The first-order chi connectivity index (χ1) is 6.61. The molecule has 0 bridgehead atoms. The van der Waals surface area contributed by atoms with E-state index in [2.05, 4.69) is 4.74 Å². The maximum Gasteiger partial charge on any atom is 1.00 e. The third-order valence-corrected chi connectivity index (χ3v) is 1.75. The Kier molecular flexibility index (Phi) is 6.60. The summed E-state index contributed by atoms with van der Waals surface area (Å²) in [4.78, 5) is 21.7. The molecule has 0 aliphatic carbocycles. The summed E-state index contributed by atoms with van der Waals surface area (Å²) in [5, 5.41) is 0. The third kappa shape index (κ3) is 4.66. The zero-order chi connectivity index (χ0) is 10.6. The van der Waals surface area contributed by atoms with E-state index < -0.39 is 17.4 Å². The SMILES string of the molecule is NC(=O)C(Cl)OC(=O)c1ccccc1.[H-].[Na+]. The molecule has 0 aromatic heterocycles. The summed E-state index contributed by atoms with van der Waals surface area (Å²) in [7, 11) is 0. The number of alkyl halides is 1. The van der Waals surface area contributed by atoms with Crippen molar-refractivity contribution in [2.75, 3.05) is 0 Å². The molecule has 76 valence electrons. The topological polar surface area (TPSA) is 69.4 Å². The summed E-state index contributed by atoms with van der Waals surface area (Å²) in [5.41, 5.74) is 3.71. The van der Waals surface area contributed by atoms with Crippen molar-refractivity contribution < 1.29 is 45.3 Å². The van der Waals surface area contributed by atoms with Gasteiger partial charge in [0.2, 0.25) is 0 Å². The molecule has 1 unspecified atom stereocenters. The Bertz CT molecular complexity index is 350. The number of rotatable bonds is 3. The summed E-state index contributed by atoms with van der Waals surface area (Å²) < 4.78 is 4.55. The van der Waals surface area contributed by atoms with E-state index in [1.807, 2.05) is 0 Å². The molecule has 1 aromatic carbocycles. The second-order valence-corrected chi connectivity index (χ2v) is 2.89. The molecule has 2 N–H and O–H groups in total. The van der Waals surface area contributed by atoms with Crippen molar-refractivity contribution in [2.24, 2.45) is 5.73 Å². The Hall–Kier alpha value is -0.550. The van der Waals surface area contributed by atoms with E-state index in [-0.39, 0.29) is 31.0 Å². The van der Waals surface area contributed by atoms with Gasteiger partial charge in [0, 0.05) is 0 Å². The van der Waals surface area contributed by atoms with Crippen LogP contribution in [0.15, 0.2) is 30.3 Å². The Balaban J connectivity index is 0. The molecule has 0 aliphatic rings. The molecule has 1 atom stereocenters. The fourth-order valence-electron chi connectivity index (χ4n) is 0.794. The molecule has 0 heterocycles. The monoisotopic (exact) mass is 237 g/mol. The number of hydrogen-bond donors (Lipinski definition) is 1. The number of hydrogen-bond acceptors (Lipinski definition) is 3. The van der Waals surface area contributed by atoms with Gasteiger partial charge >= 0.3 is 35.5 Å². The van der Waals surface area contributed by atoms with Crippen LogP contribution < -0.4 is 35.3 Å². The van der Waals surface area contributed by atoms with Gasteiger partial charge in [0.15, 0.2) is 0 Å². The number of carbonyl (C=O) groups is 2. The van der Waals surface area contributed by atoms with Gasteiger partial charge in [-0.25, -0.2) is 4.79 Å². The maximum absolute atomic E-state index is 11.2. The first-order valence-corrected chi connectivity index (χ1v) is 4.24. The van der Waals surface area contributed by atoms with Gasteiger partial charge in [-0.2, -0.15) is 0 Å². The molecule has 0 spiro atoms. The van der Waals surface area contributed by atoms with Crippen LogP contribution >= 0.6 is 11.6 Å². The molecule has 1 amide bonds. The van der Waals surface area contributed by atoms with Crippen LogP contribution in [0.1, 0.15) is 11.8 Å². The van der Waals surface area contributed by atoms with Crippen LogP contribution in [0.25, 0.3) is 0 Å². The molecule has 4 nitrogen and oxygen atoms in total. The van der Waals surface area contributed by atoms with E-state index in [0.29, 0.717) is 5.56 Å². The predicted octanol–water partition coefficient (Wildman–Crippen LogP) is -1.99. The van der Waals surface area contributed by atoms with Crippen molar-refractivity contribution in [3.63, 3.8) is 0 Å². The fourth-order valence-corrected chi connectivity index (χ4v) is 0.875. The number of carbonyl (C=O) groups excluding carboxylic acids is 2.